The van der Waals surface area contributed by atoms with Crippen LogP contribution >= 0.6 is 15.9 Å². The van der Waals surface area contributed by atoms with Gasteiger partial charge in [-0.05, 0) is 37.3 Å². The normalized spacial score (nSPS) is 10.7. The van der Waals surface area contributed by atoms with Crippen molar-refractivity contribution < 1.29 is 19.0 Å². The van der Waals surface area contributed by atoms with E-state index in [9.17, 15) is 10.1 Å². The highest BCUT2D eigenvalue weighted by Gasteiger charge is 2.15. The fraction of sp³-hybridized carbons (Fsp3) is 0.200. The predicted octanol–water partition coefficient (Wildman–Crippen LogP) is 4.41. The van der Waals surface area contributed by atoms with Crippen molar-refractivity contribution in [3.05, 3.63) is 52.0 Å². The van der Waals surface area contributed by atoms with Gasteiger partial charge in [0.2, 0.25) is 0 Å². The molecule has 0 spiro atoms. The highest BCUT2D eigenvalue weighted by atomic mass is 79.9. The highest BCUT2D eigenvalue weighted by Crippen LogP contribution is 2.36. The number of anilines is 1. The molecule has 0 bridgehead atoms. The maximum atomic E-state index is 12.5. The number of carbonyl (C=O) groups excluding carboxylic acids is 1. The second-order valence-electron chi connectivity index (χ2n) is 5.32. The van der Waals surface area contributed by atoms with E-state index in [-0.39, 0.29) is 5.57 Å². The van der Waals surface area contributed by atoms with Gasteiger partial charge in [-0.15, -0.1) is 0 Å². The molecule has 2 rings (SSSR count). The second-order valence-corrected chi connectivity index (χ2v) is 6.23. The van der Waals surface area contributed by atoms with Crippen LogP contribution in [0.3, 0.4) is 0 Å². The van der Waals surface area contributed by atoms with Gasteiger partial charge >= 0.3 is 0 Å². The summed E-state index contributed by atoms with van der Waals surface area (Å²) in [6.07, 6.45) is 1.45. The summed E-state index contributed by atoms with van der Waals surface area (Å²) >= 11 is 3.38. The SMILES string of the molecule is CCOc1cccc(NC(=O)/C(C#N)=C\c2cc(Br)cc(OC)c2OC)c1. The van der Waals surface area contributed by atoms with Crippen LogP contribution in [-0.2, 0) is 4.79 Å². The number of carbonyl (C=O) groups is 1. The average Bonchev–Trinajstić information content (AvgIpc) is 2.66. The molecule has 0 aliphatic heterocycles. The Balaban J connectivity index is 2.34. The minimum absolute atomic E-state index is 0.0738. The number of halogens is 1. The molecule has 1 N–H and O–H groups in total. The molecule has 0 aromatic heterocycles. The van der Waals surface area contributed by atoms with Crippen LogP contribution in [0.25, 0.3) is 6.08 Å². The Bertz CT molecular complexity index is 903. The lowest BCUT2D eigenvalue weighted by Crippen LogP contribution is -2.13. The third kappa shape index (κ3) is 5.25. The highest BCUT2D eigenvalue weighted by molar-refractivity contribution is 9.10. The zero-order chi connectivity index (χ0) is 19.8. The Hall–Kier alpha value is -2.98. The van der Waals surface area contributed by atoms with Gasteiger partial charge in [-0.2, -0.15) is 5.26 Å². The van der Waals surface area contributed by atoms with Gasteiger partial charge < -0.3 is 19.5 Å². The molecule has 0 unspecified atom stereocenters. The summed E-state index contributed by atoms with van der Waals surface area (Å²) in [5.74, 6) is 1.02. The molecule has 1 amide bonds. The summed E-state index contributed by atoms with van der Waals surface area (Å²) in [4.78, 5) is 12.5. The van der Waals surface area contributed by atoms with Crippen molar-refractivity contribution in [2.24, 2.45) is 0 Å². The maximum absolute atomic E-state index is 12.5. The second kappa shape index (κ2) is 9.64. The molecule has 0 aliphatic carbocycles. The van der Waals surface area contributed by atoms with E-state index in [1.807, 2.05) is 13.0 Å². The Kier molecular flexibility index (Phi) is 7.26. The fourth-order valence-corrected chi connectivity index (χ4v) is 2.85. The number of benzene rings is 2. The standard InChI is InChI=1S/C20H19BrN2O4/c1-4-27-17-7-5-6-16(11-17)23-20(24)14(12-22)8-13-9-15(21)10-18(25-2)19(13)26-3/h5-11H,4H2,1-3H3,(H,23,24)/b14-8-. The van der Waals surface area contributed by atoms with Gasteiger partial charge in [-0.1, -0.05) is 22.0 Å². The molecule has 0 atom stereocenters. The lowest BCUT2D eigenvalue weighted by molar-refractivity contribution is -0.112. The quantitative estimate of drug-likeness (QED) is 0.519. The van der Waals surface area contributed by atoms with Gasteiger partial charge in [0, 0.05) is 21.8 Å². The molecule has 140 valence electrons. The third-order valence-electron chi connectivity index (χ3n) is 3.54. The molecule has 0 saturated carbocycles. The van der Waals surface area contributed by atoms with Gasteiger partial charge in [0.1, 0.15) is 17.4 Å². The molecule has 0 saturated heterocycles. The molecule has 0 heterocycles. The van der Waals surface area contributed by atoms with Gasteiger partial charge in [0.05, 0.1) is 20.8 Å². The van der Waals surface area contributed by atoms with Crippen molar-refractivity contribution >= 4 is 33.6 Å². The first-order valence-corrected chi connectivity index (χ1v) is 8.89. The minimum atomic E-state index is -0.535. The smallest absolute Gasteiger partial charge is 0.266 e. The first-order chi connectivity index (χ1) is 13.0. The largest absolute Gasteiger partial charge is 0.494 e. The van der Waals surface area contributed by atoms with E-state index < -0.39 is 5.91 Å². The zero-order valence-corrected chi connectivity index (χ0v) is 16.8. The van der Waals surface area contributed by atoms with Crippen molar-refractivity contribution in [1.82, 2.24) is 0 Å². The molecule has 27 heavy (non-hydrogen) atoms. The number of amides is 1. The molecule has 0 fully saturated rings. The fourth-order valence-electron chi connectivity index (χ4n) is 2.40. The Morgan fingerprint density at radius 3 is 2.67 bits per heavy atom. The van der Waals surface area contributed by atoms with Crippen molar-refractivity contribution in [3.8, 4) is 23.3 Å². The van der Waals surface area contributed by atoms with Crippen LogP contribution in [0.2, 0.25) is 0 Å². The topological polar surface area (TPSA) is 80.6 Å². The minimum Gasteiger partial charge on any atom is -0.494 e. The van der Waals surface area contributed by atoms with Gasteiger partial charge in [0.15, 0.2) is 11.5 Å². The first kappa shape index (κ1) is 20.3. The molecule has 7 heteroatoms. The van der Waals surface area contributed by atoms with Crippen LogP contribution in [0.5, 0.6) is 17.2 Å². The predicted molar refractivity (Wildman–Crippen MR) is 107 cm³/mol. The summed E-state index contributed by atoms with van der Waals surface area (Å²) in [6.45, 7) is 2.40. The average molecular weight is 431 g/mol. The number of methoxy groups -OCH3 is 2. The number of nitriles is 1. The molecule has 6 nitrogen and oxygen atoms in total. The molecule has 2 aromatic rings. The van der Waals surface area contributed by atoms with Crippen LogP contribution < -0.4 is 19.5 Å². The number of nitrogens with one attached hydrogen (secondary N) is 1. The molecule has 0 radical (unpaired) electrons. The maximum Gasteiger partial charge on any atom is 0.266 e. The van der Waals surface area contributed by atoms with E-state index in [0.717, 1.165) is 4.47 Å². The summed E-state index contributed by atoms with van der Waals surface area (Å²) in [5.41, 5.74) is 1.000. The van der Waals surface area contributed by atoms with E-state index in [1.54, 1.807) is 36.4 Å². The number of ether oxygens (including phenoxy) is 3. The van der Waals surface area contributed by atoms with E-state index >= 15 is 0 Å². The van der Waals surface area contributed by atoms with Gasteiger partial charge in [-0.3, -0.25) is 4.79 Å². The van der Waals surface area contributed by atoms with Crippen molar-refractivity contribution in [2.75, 3.05) is 26.1 Å². The summed E-state index contributed by atoms with van der Waals surface area (Å²) in [7, 11) is 3.01. The molecule has 0 aliphatic rings. The summed E-state index contributed by atoms with van der Waals surface area (Å²) < 4.78 is 16.8. The van der Waals surface area contributed by atoms with E-state index in [0.29, 0.717) is 35.1 Å². The van der Waals surface area contributed by atoms with E-state index in [1.165, 1.54) is 20.3 Å². The Morgan fingerprint density at radius 1 is 1.26 bits per heavy atom. The van der Waals surface area contributed by atoms with E-state index in [2.05, 4.69) is 21.2 Å². The molecule has 2 aromatic carbocycles. The lowest BCUT2D eigenvalue weighted by atomic mass is 10.1. The van der Waals surface area contributed by atoms with Gasteiger partial charge in [0.25, 0.3) is 5.91 Å². The van der Waals surface area contributed by atoms with Crippen LogP contribution in [-0.4, -0.2) is 26.7 Å². The number of nitrogens with zero attached hydrogens (tertiary/aromatic N) is 1. The number of hydrogen-bond acceptors (Lipinski definition) is 5. The number of hydrogen-bond donors (Lipinski definition) is 1. The monoisotopic (exact) mass is 430 g/mol. The van der Waals surface area contributed by atoms with Crippen LogP contribution in [0, 0.1) is 11.3 Å². The van der Waals surface area contributed by atoms with E-state index in [4.69, 9.17) is 14.2 Å². The van der Waals surface area contributed by atoms with Crippen molar-refractivity contribution in [1.29, 1.82) is 5.26 Å². The Labute approximate surface area is 166 Å². The van der Waals surface area contributed by atoms with Gasteiger partial charge in [-0.25, -0.2) is 0 Å². The molecular weight excluding hydrogens is 412 g/mol. The van der Waals surface area contributed by atoms with Crippen LogP contribution in [0.4, 0.5) is 5.69 Å². The summed E-state index contributed by atoms with van der Waals surface area (Å²) in [6, 6.07) is 12.4. The first-order valence-electron chi connectivity index (χ1n) is 8.09. The number of rotatable bonds is 7. The summed E-state index contributed by atoms with van der Waals surface area (Å²) in [5, 5.41) is 12.1. The Morgan fingerprint density at radius 2 is 2.04 bits per heavy atom. The van der Waals surface area contributed by atoms with Crippen LogP contribution in [0.1, 0.15) is 12.5 Å². The lowest BCUT2D eigenvalue weighted by Gasteiger charge is -2.12. The zero-order valence-electron chi connectivity index (χ0n) is 15.2. The van der Waals surface area contributed by atoms with Crippen molar-refractivity contribution in [2.45, 2.75) is 6.92 Å². The molecular formula is C20H19BrN2O4. The van der Waals surface area contributed by atoms with Crippen molar-refractivity contribution in [3.63, 3.8) is 0 Å². The van der Waals surface area contributed by atoms with Crippen LogP contribution in [0.15, 0.2) is 46.4 Å². The third-order valence-corrected chi connectivity index (χ3v) is 4.00.